The van der Waals surface area contributed by atoms with Crippen LogP contribution in [-0.4, -0.2) is 40.0 Å². The average Bonchev–Trinajstić information content (AvgIpc) is 3.28. The molecule has 1 atom stereocenters. The number of aryl methyl sites for hydroxylation is 1. The second kappa shape index (κ2) is 10.5. The van der Waals surface area contributed by atoms with Crippen LogP contribution in [0.2, 0.25) is 0 Å². The number of hydrogen-bond acceptors (Lipinski definition) is 7. The van der Waals surface area contributed by atoms with Gasteiger partial charge >= 0.3 is 0 Å². The number of aliphatic imine (C=N–C) groups is 1. The Kier molecular flexibility index (Phi) is 7.27. The first-order valence-electron chi connectivity index (χ1n) is 11.4. The van der Waals surface area contributed by atoms with Crippen LogP contribution in [0.15, 0.2) is 41.8 Å². The summed E-state index contributed by atoms with van der Waals surface area (Å²) in [5.74, 6) is 1.28. The summed E-state index contributed by atoms with van der Waals surface area (Å²) in [5.41, 5.74) is 4.78. The summed E-state index contributed by atoms with van der Waals surface area (Å²) in [4.78, 5) is 18.3. The fraction of sp³-hybridized carbons (Fsp3) is 0.440. The second-order valence-corrected chi connectivity index (χ2v) is 8.27. The SMILES string of the molecule is CCCCCC(C)=Nc1cc(C)c2c(Nc3cccnc3O[C@H]3CCOC3)ncnc2c1. The van der Waals surface area contributed by atoms with Gasteiger partial charge in [0, 0.05) is 23.7 Å². The van der Waals surface area contributed by atoms with Gasteiger partial charge < -0.3 is 14.8 Å². The van der Waals surface area contributed by atoms with Crippen molar-refractivity contribution in [2.45, 2.75) is 59.0 Å². The molecule has 0 unspecified atom stereocenters. The van der Waals surface area contributed by atoms with Gasteiger partial charge in [0.05, 0.1) is 24.4 Å². The van der Waals surface area contributed by atoms with Gasteiger partial charge in [0.15, 0.2) is 0 Å². The van der Waals surface area contributed by atoms with Crippen molar-refractivity contribution in [3.05, 3.63) is 42.4 Å². The number of nitrogens with zero attached hydrogens (tertiary/aromatic N) is 4. The molecule has 1 N–H and O–H groups in total. The minimum Gasteiger partial charge on any atom is -0.470 e. The van der Waals surface area contributed by atoms with Gasteiger partial charge in [0.25, 0.3) is 0 Å². The molecule has 1 aliphatic heterocycles. The Morgan fingerprint density at radius 3 is 2.97 bits per heavy atom. The molecule has 0 amide bonds. The molecule has 0 radical (unpaired) electrons. The van der Waals surface area contributed by atoms with Gasteiger partial charge in [-0.15, -0.1) is 0 Å². The molecule has 0 aliphatic carbocycles. The van der Waals surface area contributed by atoms with Crippen LogP contribution in [0.4, 0.5) is 17.2 Å². The molecule has 1 saturated heterocycles. The first-order chi connectivity index (χ1) is 15.6. The molecule has 3 heterocycles. The van der Waals surface area contributed by atoms with Crippen molar-refractivity contribution in [3.63, 3.8) is 0 Å². The van der Waals surface area contributed by atoms with Crippen LogP contribution >= 0.6 is 0 Å². The molecule has 1 aromatic carbocycles. The number of hydrogen-bond donors (Lipinski definition) is 1. The van der Waals surface area contributed by atoms with Crippen LogP contribution < -0.4 is 10.1 Å². The number of unbranched alkanes of at least 4 members (excludes halogenated alkanes) is 2. The van der Waals surface area contributed by atoms with Gasteiger partial charge in [-0.05, 0) is 56.5 Å². The van der Waals surface area contributed by atoms with Crippen molar-refractivity contribution in [2.75, 3.05) is 18.5 Å². The van der Waals surface area contributed by atoms with Crippen LogP contribution in [0.1, 0.15) is 51.5 Å². The molecular weight excluding hydrogens is 402 g/mol. The van der Waals surface area contributed by atoms with E-state index in [9.17, 15) is 0 Å². The average molecular weight is 434 g/mol. The number of ether oxygens (including phenoxy) is 2. The van der Waals surface area contributed by atoms with Crippen LogP contribution in [0.3, 0.4) is 0 Å². The fourth-order valence-electron chi connectivity index (χ4n) is 3.91. The van der Waals surface area contributed by atoms with Crippen LogP contribution in [-0.2, 0) is 4.74 Å². The molecule has 3 aromatic rings. The maximum Gasteiger partial charge on any atom is 0.238 e. The predicted octanol–water partition coefficient (Wildman–Crippen LogP) is 5.92. The monoisotopic (exact) mass is 433 g/mol. The molecule has 7 heteroatoms. The zero-order valence-electron chi connectivity index (χ0n) is 19.1. The second-order valence-electron chi connectivity index (χ2n) is 8.27. The summed E-state index contributed by atoms with van der Waals surface area (Å²) >= 11 is 0. The normalized spacial score (nSPS) is 16.5. The van der Waals surface area contributed by atoms with Gasteiger partial charge in [-0.1, -0.05) is 19.8 Å². The standard InChI is InChI=1S/C25H31N5O2/c1-4-5-6-8-18(3)29-19-13-17(2)23-22(14-19)27-16-28-24(23)30-21-9-7-11-26-25(21)32-20-10-12-31-15-20/h7,9,11,13-14,16,20H,4-6,8,10,12,15H2,1-3H3,(H,27,28,30)/t20-/m0/s1. The lowest BCUT2D eigenvalue weighted by atomic mass is 10.1. The van der Waals surface area contributed by atoms with Gasteiger partial charge in [-0.3, -0.25) is 4.99 Å². The molecule has 2 aromatic heterocycles. The Bertz CT molecular complexity index is 1090. The molecule has 0 bridgehead atoms. The number of benzene rings is 1. The highest BCUT2D eigenvalue weighted by molar-refractivity contribution is 5.96. The quantitative estimate of drug-likeness (QED) is 0.333. The van der Waals surface area contributed by atoms with Gasteiger partial charge in [0.1, 0.15) is 23.9 Å². The number of nitrogens with one attached hydrogen (secondary N) is 1. The molecule has 4 rings (SSSR count). The molecule has 1 fully saturated rings. The highest BCUT2D eigenvalue weighted by Crippen LogP contribution is 2.33. The summed E-state index contributed by atoms with van der Waals surface area (Å²) in [5, 5.41) is 4.38. The first-order valence-corrected chi connectivity index (χ1v) is 11.4. The highest BCUT2D eigenvalue weighted by Gasteiger charge is 2.20. The maximum atomic E-state index is 6.06. The lowest BCUT2D eigenvalue weighted by Crippen LogP contribution is -2.17. The van der Waals surface area contributed by atoms with Crippen molar-refractivity contribution in [1.82, 2.24) is 15.0 Å². The topological polar surface area (TPSA) is 81.5 Å². The molecule has 168 valence electrons. The van der Waals surface area contributed by atoms with Gasteiger partial charge in [-0.2, -0.15) is 0 Å². The van der Waals surface area contributed by atoms with E-state index in [4.69, 9.17) is 14.5 Å². The van der Waals surface area contributed by atoms with E-state index in [0.717, 1.165) is 58.8 Å². The van der Waals surface area contributed by atoms with E-state index < -0.39 is 0 Å². The van der Waals surface area contributed by atoms with Crippen molar-refractivity contribution >= 4 is 33.8 Å². The highest BCUT2D eigenvalue weighted by atomic mass is 16.5. The number of aromatic nitrogens is 3. The summed E-state index contributed by atoms with van der Waals surface area (Å²) in [6.45, 7) is 7.69. The van der Waals surface area contributed by atoms with Crippen molar-refractivity contribution < 1.29 is 9.47 Å². The van der Waals surface area contributed by atoms with Crippen molar-refractivity contribution in [2.24, 2.45) is 4.99 Å². The summed E-state index contributed by atoms with van der Waals surface area (Å²) in [6.07, 6.45) is 8.85. The maximum absolute atomic E-state index is 6.06. The fourth-order valence-corrected chi connectivity index (χ4v) is 3.91. The minimum absolute atomic E-state index is 0.0234. The first kappa shape index (κ1) is 22.1. The molecule has 7 nitrogen and oxygen atoms in total. The number of anilines is 2. The number of pyridine rings is 1. The van der Waals surface area contributed by atoms with Crippen LogP contribution in [0.5, 0.6) is 5.88 Å². The lowest BCUT2D eigenvalue weighted by Gasteiger charge is -2.16. The Morgan fingerprint density at radius 1 is 1.25 bits per heavy atom. The third-order valence-electron chi connectivity index (χ3n) is 5.57. The molecular formula is C25H31N5O2. The van der Waals surface area contributed by atoms with E-state index in [1.807, 2.05) is 18.2 Å². The molecule has 0 spiro atoms. The van der Waals surface area contributed by atoms with E-state index in [-0.39, 0.29) is 6.10 Å². The summed E-state index contributed by atoms with van der Waals surface area (Å²) in [6, 6.07) is 7.94. The Hall–Kier alpha value is -3.06. The minimum atomic E-state index is 0.0234. The summed E-state index contributed by atoms with van der Waals surface area (Å²) in [7, 11) is 0. The molecule has 0 saturated carbocycles. The Labute approximate surface area is 189 Å². The third-order valence-corrected chi connectivity index (χ3v) is 5.57. The smallest absolute Gasteiger partial charge is 0.238 e. The predicted molar refractivity (Wildman–Crippen MR) is 129 cm³/mol. The number of rotatable bonds is 9. The van der Waals surface area contributed by atoms with Crippen molar-refractivity contribution in [3.8, 4) is 5.88 Å². The van der Waals surface area contributed by atoms with E-state index in [1.54, 1.807) is 12.5 Å². The Balaban J connectivity index is 1.60. The summed E-state index contributed by atoms with van der Waals surface area (Å²) < 4.78 is 11.5. The lowest BCUT2D eigenvalue weighted by molar-refractivity contribution is 0.138. The van der Waals surface area contributed by atoms with E-state index in [1.165, 1.54) is 19.3 Å². The zero-order chi connectivity index (χ0) is 22.3. The van der Waals surface area contributed by atoms with Gasteiger partial charge in [-0.25, -0.2) is 15.0 Å². The Morgan fingerprint density at radius 2 is 2.16 bits per heavy atom. The molecule has 32 heavy (non-hydrogen) atoms. The largest absolute Gasteiger partial charge is 0.470 e. The zero-order valence-corrected chi connectivity index (χ0v) is 19.1. The molecule has 1 aliphatic rings. The van der Waals surface area contributed by atoms with Crippen LogP contribution in [0, 0.1) is 6.92 Å². The van der Waals surface area contributed by atoms with E-state index >= 15 is 0 Å². The third kappa shape index (κ3) is 5.40. The van der Waals surface area contributed by atoms with Gasteiger partial charge in [0.2, 0.25) is 5.88 Å². The van der Waals surface area contributed by atoms with Crippen LogP contribution in [0.25, 0.3) is 10.9 Å². The van der Waals surface area contributed by atoms with E-state index in [2.05, 4.69) is 47.1 Å². The number of fused-ring (bicyclic) bond motifs is 1. The van der Waals surface area contributed by atoms with E-state index in [0.29, 0.717) is 12.5 Å². The van der Waals surface area contributed by atoms with Crippen molar-refractivity contribution in [1.29, 1.82) is 0 Å².